The molecule has 0 aliphatic carbocycles. The van der Waals surface area contributed by atoms with Gasteiger partial charge in [0.05, 0.1) is 6.54 Å². The first-order valence-electron chi connectivity index (χ1n) is 7.94. The van der Waals surface area contributed by atoms with Crippen LogP contribution >= 0.6 is 0 Å². The molecule has 2 rings (SSSR count). The molecule has 3 N–H and O–H groups in total. The van der Waals surface area contributed by atoms with Crippen LogP contribution in [0.3, 0.4) is 0 Å². The highest BCUT2D eigenvalue weighted by Crippen LogP contribution is 2.18. The van der Waals surface area contributed by atoms with Crippen LogP contribution in [-0.4, -0.2) is 32.1 Å². The number of hydrogen-bond acceptors (Lipinski definition) is 3. The molecule has 0 saturated carbocycles. The quantitative estimate of drug-likeness (QED) is 0.752. The average Bonchev–Trinajstić information content (AvgIpc) is 2.48. The third kappa shape index (κ3) is 5.05. The molecular formula is C17H27N3O. The maximum atomic E-state index is 11.9. The Labute approximate surface area is 127 Å². The Morgan fingerprint density at radius 1 is 1.33 bits per heavy atom. The number of para-hydroxylation sites is 1. The zero-order valence-electron chi connectivity index (χ0n) is 13.2. The van der Waals surface area contributed by atoms with Gasteiger partial charge in [0.25, 0.3) is 0 Å². The SMILES string of the molecule is Cc1cccc(C)c1NCC(=O)NCCC1CCCNC1. The molecule has 21 heavy (non-hydrogen) atoms. The van der Waals surface area contributed by atoms with E-state index in [0.717, 1.165) is 31.7 Å². The number of hydrogen-bond donors (Lipinski definition) is 3. The van der Waals surface area contributed by atoms with E-state index in [1.165, 1.54) is 24.0 Å². The van der Waals surface area contributed by atoms with Gasteiger partial charge in [-0.3, -0.25) is 4.79 Å². The third-order valence-electron chi connectivity index (χ3n) is 4.18. The minimum Gasteiger partial charge on any atom is -0.376 e. The zero-order chi connectivity index (χ0) is 15.1. The van der Waals surface area contributed by atoms with Gasteiger partial charge in [-0.2, -0.15) is 0 Å². The molecule has 1 atom stereocenters. The summed E-state index contributed by atoms with van der Waals surface area (Å²) < 4.78 is 0. The van der Waals surface area contributed by atoms with Crippen molar-refractivity contribution < 1.29 is 4.79 Å². The summed E-state index contributed by atoms with van der Waals surface area (Å²) in [5.41, 5.74) is 3.43. The lowest BCUT2D eigenvalue weighted by Crippen LogP contribution is -2.35. The van der Waals surface area contributed by atoms with Crippen molar-refractivity contribution in [3.63, 3.8) is 0 Å². The normalized spacial score (nSPS) is 18.3. The van der Waals surface area contributed by atoms with Gasteiger partial charge in [-0.15, -0.1) is 0 Å². The highest BCUT2D eigenvalue weighted by Gasteiger charge is 2.12. The highest BCUT2D eigenvalue weighted by atomic mass is 16.1. The summed E-state index contributed by atoms with van der Waals surface area (Å²) >= 11 is 0. The summed E-state index contributed by atoms with van der Waals surface area (Å²) in [6.45, 7) is 7.47. The largest absolute Gasteiger partial charge is 0.376 e. The van der Waals surface area contributed by atoms with Crippen LogP contribution in [0.25, 0.3) is 0 Å². The molecular weight excluding hydrogens is 262 g/mol. The Hall–Kier alpha value is -1.55. The molecule has 1 aliphatic rings. The number of carbonyl (C=O) groups is 1. The number of carbonyl (C=O) groups excluding carboxylic acids is 1. The summed E-state index contributed by atoms with van der Waals surface area (Å²) in [6.07, 6.45) is 3.61. The fraction of sp³-hybridized carbons (Fsp3) is 0.588. The molecule has 0 spiro atoms. The van der Waals surface area contributed by atoms with Gasteiger partial charge in [-0.25, -0.2) is 0 Å². The maximum absolute atomic E-state index is 11.9. The minimum atomic E-state index is 0.0708. The van der Waals surface area contributed by atoms with Crippen LogP contribution in [-0.2, 0) is 4.79 Å². The second kappa shape index (κ2) is 8.03. The standard InChI is InChI=1S/C17H27N3O/c1-13-5-3-6-14(2)17(13)20-12-16(21)19-10-8-15-7-4-9-18-11-15/h3,5-6,15,18,20H,4,7-12H2,1-2H3,(H,19,21). The molecule has 1 aromatic carbocycles. The Balaban J connectivity index is 1.67. The molecule has 1 unspecified atom stereocenters. The topological polar surface area (TPSA) is 53.2 Å². The van der Waals surface area contributed by atoms with Crippen LogP contribution in [0.15, 0.2) is 18.2 Å². The lowest BCUT2D eigenvalue weighted by atomic mass is 9.96. The summed E-state index contributed by atoms with van der Waals surface area (Å²) in [6, 6.07) is 6.15. The van der Waals surface area contributed by atoms with E-state index < -0.39 is 0 Å². The van der Waals surface area contributed by atoms with Crippen LogP contribution in [0.1, 0.15) is 30.4 Å². The number of amides is 1. The number of benzene rings is 1. The molecule has 1 heterocycles. The first-order valence-corrected chi connectivity index (χ1v) is 7.94. The van der Waals surface area contributed by atoms with Gasteiger partial charge in [-0.05, 0) is 63.2 Å². The maximum Gasteiger partial charge on any atom is 0.239 e. The fourth-order valence-corrected chi connectivity index (χ4v) is 2.91. The number of piperidine rings is 1. The Morgan fingerprint density at radius 3 is 2.76 bits per heavy atom. The van der Waals surface area contributed by atoms with Crippen molar-refractivity contribution >= 4 is 11.6 Å². The Kier molecular flexibility index (Phi) is 6.05. The molecule has 0 bridgehead atoms. The molecule has 1 saturated heterocycles. The van der Waals surface area contributed by atoms with Crippen molar-refractivity contribution in [2.45, 2.75) is 33.1 Å². The van der Waals surface area contributed by atoms with Crippen molar-refractivity contribution in [1.29, 1.82) is 0 Å². The van der Waals surface area contributed by atoms with E-state index in [2.05, 4.69) is 41.9 Å². The molecule has 1 fully saturated rings. The lowest BCUT2D eigenvalue weighted by Gasteiger charge is -2.22. The van der Waals surface area contributed by atoms with Crippen molar-refractivity contribution in [2.75, 3.05) is 31.5 Å². The lowest BCUT2D eigenvalue weighted by molar-refractivity contribution is -0.119. The van der Waals surface area contributed by atoms with Gasteiger partial charge in [-0.1, -0.05) is 18.2 Å². The van der Waals surface area contributed by atoms with Crippen molar-refractivity contribution in [1.82, 2.24) is 10.6 Å². The first kappa shape index (κ1) is 15.8. The monoisotopic (exact) mass is 289 g/mol. The van der Waals surface area contributed by atoms with E-state index in [9.17, 15) is 4.79 Å². The smallest absolute Gasteiger partial charge is 0.239 e. The first-order chi connectivity index (χ1) is 10.2. The van der Waals surface area contributed by atoms with E-state index in [-0.39, 0.29) is 5.91 Å². The number of nitrogens with one attached hydrogen (secondary N) is 3. The second-order valence-corrected chi connectivity index (χ2v) is 5.97. The number of aryl methyl sites for hydroxylation is 2. The van der Waals surface area contributed by atoms with Crippen LogP contribution in [0.4, 0.5) is 5.69 Å². The van der Waals surface area contributed by atoms with Gasteiger partial charge in [0.1, 0.15) is 0 Å². The van der Waals surface area contributed by atoms with E-state index in [1.807, 2.05) is 6.07 Å². The molecule has 1 aliphatic heterocycles. The number of rotatable bonds is 6. The van der Waals surface area contributed by atoms with Crippen LogP contribution in [0.2, 0.25) is 0 Å². The van der Waals surface area contributed by atoms with Crippen molar-refractivity contribution in [3.05, 3.63) is 29.3 Å². The predicted molar refractivity (Wildman–Crippen MR) is 87.6 cm³/mol. The van der Waals surface area contributed by atoms with E-state index in [1.54, 1.807) is 0 Å². The minimum absolute atomic E-state index is 0.0708. The zero-order valence-corrected chi connectivity index (χ0v) is 13.2. The molecule has 1 amide bonds. The van der Waals surface area contributed by atoms with Crippen LogP contribution in [0, 0.1) is 19.8 Å². The van der Waals surface area contributed by atoms with Gasteiger partial charge in [0.15, 0.2) is 0 Å². The van der Waals surface area contributed by atoms with Crippen LogP contribution < -0.4 is 16.0 Å². The molecule has 4 heteroatoms. The summed E-state index contributed by atoms with van der Waals surface area (Å²) in [4.78, 5) is 11.9. The average molecular weight is 289 g/mol. The molecule has 0 radical (unpaired) electrons. The van der Waals surface area contributed by atoms with E-state index in [0.29, 0.717) is 12.5 Å². The number of anilines is 1. The van der Waals surface area contributed by atoms with Crippen molar-refractivity contribution in [3.8, 4) is 0 Å². The fourth-order valence-electron chi connectivity index (χ4n) is 2.91. The van der Waals surface area contributed by atoms with Crippen LogP contribution in [0.5, 0.6) is 0 Å². The molecule has 116 valence electrons. The molecule has 4 nitrogen and oxygen atoms in total. The third-order valence-corrected chi connectivity index (χ3v) is 4.18. The molecule has 0 aromatic heterocycles. The molecule has 1 aromatic rings. The van der Waals surface area contributed by atoms with Crippen molar-refractivity contribution in [2.24, 2.45) is 5.92 Å². The summed E-state index contributed by atoms with van der Waals surface area (Å²) in [7, 11) is 0. The summed E-state index contributed by atoms with van der Waals surface area (Å²) in [5.74, 6) is 0.784. The van der Waals surface area contributed by atoms with Gasteiger partial charge in [0.2, 0.25) is 5.91 Å². The van der Waals surface area contributed by atoms with E-state index in [4.69, 9.17) is 0 Å². The Bertz CT molecular complexity index is 447. The second-order valence-electron chi connectivity index (χ2n) is 5.97. The highest BCUT2D eigenvalue weighted by molar-refractivity contribution is 5.81. The van der Waals surface area contributed by atoms with Gasteiger partial charge >= 0.3 is 0 Å². The predicted octanol–water partition coefficient (Wildman–Crippen LogP) is 2.22. The summed E-state index contributed by atoms with van der Waals surface area (Å²) in [5, 5.41) is 9.66. The van der Waals surface area contributed by atoms with Gasteiger partial charge in [0, 0.05) is 12.2 Å². The van der Waals surface area contributed by atoms with Gasteiger partial charge < -0.3 is 16.0 Å². The Morgan fingerprint density at radius 2 is 2.10 bits per heavy atom. The van der Waals surface area contributed by atoms with E-state index >= 15 is 0 Å².